The van der Waals surface area contributed by atoms with Crippen LogP contribution in [0.2, 0.25) is 0 Å². The number of ether oxygens (including phenoxy) is 1. The van der Waals surface area contributed by atoms with Crippen LogP contribution >= 0.6 is 0 Å². The molecule has 2 heterocycles. The van der Waals surface area contributed by atoms with Crippen molar-refractivity contribution in [2.24, 2.45) is 0 Å². The standard InChI is InChI=1S/C16H24N2O4/c19-12-5-11-18-10-4-6-14(16(18)21)22-13-7-15(20)17-8-2-1-3-9-17/h4,6,10,19H,1-3,5,7-9,11-13H2. The van der Waals surface area contributed by atoms with Crippen LogP contribution in [0, 0.1) is 0 Å². The van der Waals surface area contributed by atoms with Gasteiger partial charge in [-0.3, -0.25) is 9.59 Å². The second-order valence-electron chi connectivity index (χ2n) is 5.49. The molecule has 6 nitrogen and oxygen atoms in total. The molecule has 122 valence electrons. The molecule has 1 N–H and O–H groups in total. The van der Waals surface area contributed by atoms with Gasteiger partial charge in [0, 0.05) is 32.4 Å². The van der Waals surface area contributed by atoms with Gasteiger partial charge >= 0.3 is 0 Å². The van der Waals surface area contributed by atoms with Crippen molar-refractivity contribution >= 4 is 5.91 Å². The van der Waals surface area contributed by atoms with E-state index in [2.05, 4.69) is 0 Å². The zero-order valence-electron chi connectivity index (χ0n) is 12.9. The first-order valence-corrected chi connectivity index (χ1v) is 7.93. The van der Waals surface area contributed by atoms with Gasteiger partial charge in [-0.05, 0) is 37.8 Å². The first-order chi connectivity index (χ1) is 10.7. The maximum Gasteiger partial charge on any atom is 0.292 e. The lowest BCUT2D eigenvalue weighted by Gasteiger charge is -2.26. The summed E-state index contributed by atoms with van der Waals surface area (Å²) in [6, 6.07) is 3.35. The van der Waals surface area contributed by atoms with Crippen LogP contribution in [0.4, 0.5) is 0 Å². The molecule has 1 amide bonds. The highest BCUT2D eigenvalue weighted by Gasteiger charge is 2.16. The largest absolute Gasteiger partial charge is 0.487 e. The van der Waals surface area contributed by atoms with E-state index in [1.165, 1.54) is 11.0 Å². The Morgan fingerprint density at radius 3 is 2.77 bits per heavy atom. The molecule has 0 spiro atoms. The van der Waals surface area contributed by atoms with Crippen molar-refractivity contribution in [1.82, 2.24) is 9.47 Å². The van der Waals surface area contributed by atoms with E-state index in [4.69, 9.17) is 9.84 Å². The number of aromatic nitrogens is 1. The van der Waals surface area contributed by atoms with Crippen molar-refractivity contribution in [3.05, 3.63) is 28.7 Å². The average molecular weight is 308 g/mol. The first kappa shape index (κ1) is 16.5. The fraction of sp³-hybridized carbons (Fsp3) is 0.625. The van der Waals surface area contributed by atoms with E-state index < -0.39 is 0 Å². The summed E-state index contributed by atoms with van der Waals surface area (Å²) in [5.41, 5.74) is -0.221. The molecule has 0 saturated carbocycles. The molecule has 1 fully saturated rings. The number of aryl methyl sites for hydroxylation is 1. The van der Waals surface area contributed by atoms with Gasteiger partial charge in [0.25, 0.3) is 5.56 Å². The Morgan fingerprint density at radius 1 is 1.27 bits per heavy atom. The zero-order chi connectivity index (χ0) is 15.8. The highest BCUT2D eigenvalue weighted by atomic mass is 16.5. The zero-order valence-corrected chi connectivity index (χ0v) is 12.9. The Kier molecular flexibility index (Phi) is 6.45. The number of hydrogen-bond acceptors (Lipinski definition) is 4. The van der Waals surface area contributed by atoms with Gasteiger partial charge in [0.2, 0.25) is 5.91 Å². The normalized spacial score (nSPS) is 14.9. The third kappa shape index (κ3) is 4.59. The van der Waals surface area contributed by atoms with Crippen molar-refractivity contribution in [2.45, 2.75) is 38.6 Å². The molecule has 1 aromatic rings. The van der Waals surface area contributed by atoms with E-state index >= 15 is 0 Å². The van der Waals surface area contributed by atoms with Crippen LogP contribution in [-0.4, -0.2) is 46.8 Å². The Labute approximate surface area is 130 Å². The smallest absolute Gasteiger partial charge is 0.292 e. The molecular weight excluding hydrogens is 284 g/mol. The van der Waals surface area contributed by atoms with Gasteiger partial charge in [-0.1, -0.05) is 0 Å². The van der Waals surface area contributed by atoms with E-state index in [1.807, 2.05) is 4.90 Å². The number of rotatable bonds is 7. The number of carbonyl (C=O) groups excluding carboxylic acids is 1. The van der Waals surface area contributed by atoms with Crippen molar-refractivity contribution in [1.29, 1.82) is 0 Å². The topological polar surface area (TPSA) is 71.8 Å². The summed E-state index contributed by atoms with van der Waals surface area (Å²) in [6.45, 7) is 2.38. The number of hydrogen-bond donors (Lipinski definition) is 1. The minimum absolute atomic E-state index is 0.0435. The van der Waals surface area contributed by atoms with Crippen LogP contribution in [0.1, 0.15) is 32.1 Å². The molecule has 6 heteroatoms. The fourth-order valence-electron chi connectivity index (χ4n) is 2.59. The Balaban J connectivity index is 1.83. The third-order valence-electron chi connectivity index (χ3n) is 3.82. The predicted molar refractivity (Wildman–Crippen MR) is 82.9 cm³/mol. The van der Waals surface area contributed by atoms with Gasteiger partial charge in [0.05, 0.1) is 13.0 Å². The summed E-state index contributed by atoms with van der Waals surface area (Å²) in [5, 5.41) is 8.83. The van der Waals surface area contributed by atoms with Crippen molar-refractivity contribution in [3.63, 3.8) is 0 Å². The maximum atomic E-state index is 12.1. The molecule has 1 aromatic heterocycles. The van der Waals surface area contributed by atoms with Crippen LogP contribution in [-0.2, 0) is 11.3 Å². The molecule has 22 heavy (non-hydrogen) atoms. The minimum Gasteiger partial charge on any atom is -0.487 e. The summed E-state index contributed by atoms with van der Waals surface area (Å²) in [7, 11) is 0. The Morgan fingerprint density at radius 2 is 2.05 bits per heavy atom. The van der Waals surface area contributed by atoms with Gasteiger partial charge in [0.15, 0.2) is 5.75 Å². The molecule has 0 atom stereocenters. The van der Waals surface area contributed by atoms with Gasteiger partial charge in [-0.2, -0.15) is 0 Å². The quantitative estimate of drug-likeness (QED) is 0.816. The molecule has 1 saturated heterocycles. The van der Waals surface area contributed by atoms with Crippen molar-refractivity contribution in [3.8, 4) is 5.75 Å². The average Bonchev–Trinajstić information content (AvgIpc) is 2.56. The molecule has 0 bridgehead atoms. The third-order valence-corrected chi connectivity index (χ3v) is 3.82. The first-order valence-electron chi connectivity index (χ1n) is 7.93. The molecule has 1 aliphatic heterocycles. The lowest BCUT2D eigenvalue weighted by Crippen LogP contribution is -2.36. The highest BCUT2D eigenvalue weighted by molar-refractivity contribution is 5.76. The van der Waals surface area contributed by atoms with Gasteiger partial charge in [-0.15, -0.1) is 0 Å². The number of nitrogens with zero attached hydrogens (tertiary/aromatic N) is 2. The van der Waals surface area contributed by atoms with Crippen molar-refractivity contribution < 1.29 is 14.6 Å². The molecule has 0 unspecified atom stereocenters. The molecule has 1 aliphatic rings. The number of piperidine rings is 1. The fourth-order valence-corrected chi connectivity index (χ4v) is 2.59. The Hall–Kier alpha value is -1.82. The molecule has 0 radical (unpaired) electrons. The van der Waals surface area contributed by atoms with Crippen molar-refractivity contribution in [2.75, 3.05) is 26.3 Å². The minimum atomic E-state index is -0.221. The summed E-state index contributed by atoms with van der Waals surface area (Å²) >= 11 is 0. The maximum absolute atomic E-state index is 12.1. The van der Waals surface area contributed by atoms with E-state index in [-0.39, 0.29) is 30.4 Å². The monoisotopic (exact) mass is 308 g/mol. The molecule has 0 aliphatic carbocycles. The van der Waals surface area contributed by atoms with E-state index in [0.29, 0.717) is 19.4 Å². The second kappa shape index (κ2) is 8.58. The van der Waals surface area contributed by atoms with E-state index in [0.717, 1.165) is 25.9 Å². The van der Waals surface area contributed by atoms with Crippen LogP contribution in [0.5, 0.6) is 5.75 Å². The van der Waals surface area contributed by atoms with Gasteiger partial charge in [0.1, 0.15) is 0 Å². The lowest BCUT2D eigenvalue weighted by molar-refractivity contribution is -0.132. The van der Waals surface area contributed by atoms with E-state index in [9.17, 15) is 9.59 Å². The number of carbonyl (C=O) groups is 1. The SMILES string of the molecule is O=C(CCOc1cccn(CCCO)c1=O)N1CCCCC1. The summed E-state index contributed by atoms with van der Waals surface area (Å²) in [4.78, 5) is 26.0. The number of likely N-dealkylation sites (tertiary alicyclic amines) is 1. The van der Waals surface area contributed by atoms with Crippen LogP contribution in [0.3, 0.4) is 0 Å². The van der Waals surface area contributed by atoms with Crippen LogP contribution < -0.4 is 10.3 Å². The predicted octanol–water partition coefficient (Wildman–Crippen LogP) is 1.01. The highest BCUT2D eigenvalue weighted by Crippen LogP contribution is 2.10. The number of aliphatic hydroxyl groups excluding tert-OH is 1. The molecule has 2 rings (SSSR count). The van der Waals surface area contributed by atoms with Crippen LogP contribution in [0.25, 0.3) is 0 Å². The van der Waals surface area contributed by atoms with Crippen LogP contribution in [0.15, 0.2) is 23.1 Å². The van der Waals surface area contributed by atoms with Gasteiger partial charge < -0.3 is 19.3 Å². The number of aliphatic hydroxyl groups is 1. The Bertz CT molecular complexity index is 535. The lowest BCUT2D eigenvalue weighted by atomic mass is 10.1. The molecular formula is C16H24N2O4. The summed E-state index contributed by atoms with van der Waals surface area (Å²) < 4.78 is 6.99. The second-order valence-corrected chi connectivity index (χ2v) is 5.49. The number of pyridine rings is 1. The summed E-state index contributed by atoms with van der Waals surface area (Å²) in [6.07, 6.45) is 5.82. The number of amides is 1. The van der Waals surface area contributed by atoms with Gasteiger partial charge in [-0.25, -0.2) is 0 Å². The summed E-state index contributed by atoms with van der Waals surface area (Å²) in [5.74, 6) is 0.350. The van der Waals surface area contributed by atoms with E-state index in [1.54, 1.807) is 18.3 Å². The molecule has 0 aromatic carbocycles.